The number of carbonyl (C=O) groups excluding carboxylic acids is 2. The van der Waals surface area contributed by atoms with Crippen molar-refractivity contribution >= 4 is 35.0 Å². The van der Waals surface area contributed by atoms with Crippen molar-refractivity contribution in [2.24, 2.45) is 5.92 Å². The molecule has 1 aliphatic heterocycles. The van der Waals surface area contributed by atoms with Crippen LogP contribution in [0, 0.1) is 5.92 Å². The number of piperidine rings is 1. The van der Waals surface area contributed by atoms with Crippen molar-refractivity contribution in [3.8, 4) is 0 Å². The van der Waals surface area contributed by atoms with Gasteiger partial charge in [0, 0.05) is 30.1 Å². The molecule has 22 heavy (non-hydrogen) atoms. The highest BCUT2D eigenvalue weighted by Gasteiger charge is 2.32. The first-order valence-corrected chi connectivity index (χ1v) is 8.35. The van der Waals surface area contributed by atoms with Crippen molar-refractivity contribution in [2.45, 2.75) is 31.7 Å². The highest BCUT2D eigenvalue weighted by molar-refractivity contribution is 6.35. The molecule has 1 N–H and O–H groups in total. The maximum Gasteiger partial charge on any atom is 0.255 e. The van der Waals surface area contributed by atoms with Gasteiger partial charge >= 0.3 is 0 Å². The molecule has 0 spiro atoms. The van der Waals surface area contributed by atoms with E-state index >= 15 is 0 Å². The average Bonchev–Trinajstić information content (AvgIpc) is 3.34. The van der Waals surface area contributed by atoms with Gasteiger partial charge in [-0.25, -0.2) is 0 Å². The minimum absolute atomic E-state index is 0.0977. The van der Waals surface area contributed by atoms with Gasteiger partial charge in [0.05, 0.1) is 10.6 Å². The second-order valence-electron chi connectivity index (χ2n) is 5.97. The third-order valence-corrected chi connectivity index (χ3v) is 4.80. The van der Waals surface area contributed by atoms with Crippen LogP contribution < -0.4 is 5.32 Å². The number of hydrogen-bond acceptors (Lipinski definition) is 2. The Morgan fingerprint density at radius 1 is 1.09 bits per heavy atom. The van der Waals surface area contributed by atoms with Gasteiger partial charge in [-0.15, -0.1) is 0 Å². The topological polar surface area (TPSA) is 49.4 Å². The molecule has 0 bridgehead atoms. The summed E-state index contributed by atoms with van der Waals surface area (Å²) in [4.78, 5) is 26.1. The van der Waals surface area contributed by atoms with Gasteiger partial charge in [0.15, 0.2) is 0 Å². The van der Waals surface area contributed by atoms with E-state index in [-0.39, 0.29) is 23.8 Å². The van der Waals surface area contributed by atoms with E-state index in [0.29, 0.717) is 28.7 Å². The van der Waals surface area contributed by atoms with E-state index in [1.165, 1.54) is 0 Å². The summed E-state index contributed by atoms with van der Waals surface area (Å²) in [5.41, 5.74) is 0.439. The number of benzene rings is 1. The number of carbonyl (C=O) groups is 2. The predicted octanol–water partition coefficient (Wildman–Crippen LogP) is 3.12. The maximum atomic E-state index is 12.5. The van der Waals surface area contributed by atoms with E-state index in [9.17, 15) is 9.59 Å². The molecule has 0 aromatic heterocycles. The van der Waals surface area contributed by atoms with E-state index in [0.717, 1.165) is 25.7 Å². The van der Waals surface area contributed by atoms with E-state index in [4.69, 9.17) is 23.2 Å². The molecule has 1 aromatic carbocycles. The molecule has 2 fully saturated rings. The second-order valence-corrected chi connectivity index (χ2v) is 6.82. The Morgan fingerprint density at radius 2 is 1.77 bits per heavy atom. The monoisotopic (exact) mass is 340 g/mol. The summed E-state index contributed by atoms with van der Waals surface area (Å²) in [6.07, 6.45) is 3.58. The number of halogens is 2. The Bertz CT molecular complexity index is 594. The molecule has 2 aliphatic rings. The lowest BCUT2D eigenvalue weighted by Gasteiger charge is -2.32. The van der Waals surface area contributed by atoms with Gasteiger partial charge in [0.1, 0.15) is 0 Å². The van der Waals surface area contributed by atoms with Gasteiger partial charge in [-0.1, -0.05) is 23.2 Å². The summed E-state index contributed by atoms with van der Waals surface area (Å²) in [6, 6.07) is 5.08. The largest absolute Gasteiger partial charge is 0.353 e. The molecule has 0 radical (unpaired) electrons. The van der Waals surface area contributed by atoms with Crippen LogP contribution in [0.3, 0.4) is 0 Å². The number of amides is 2. The minimum atomic E-state index is -0.0977. The normalized spacial score (nSPS) is 19.1. The van der Waals surface area contributed by atoms with Crippen molar-refractivity contribution in [1.82, 2.24) is 10.2 Å². The molecule has 6 heteroatoms. The second kappa shape index (κ2) is 6.47. The fourth-order valence-corrected chi connectivity index (χ4v) is 3.09. The van der Waals surface area contributed by atoms with Crippen molar-refractivity contribution < 1.29 is 9.59 Å². The van der Waals surface area contributed by atoms with Gasteiger partial charge < -0.3 is 10.2 Å². The van der Waals surface area contributed by atoms with Crippen molar-refractivity contribution in [2.75, 3.05) is 13.1 Å². The standard InChI is InChI=1S/C16H18Cl2N2O2/c17-11-3-4-14(18)13(9-11)16(22)20-7-5-12(6-8-20)19-15(21)10-1-2-10/h3-4,9-10,12H,1-2,5-8H2,(H,19,21). The molecule has 1 heterocycles. The zero-order valence-electron chi connectivity index (χ0n) is 12.1. The van der Waals surface area contributed by atoms with Crippen LogP contribution in [0.1, 0.15) is 36.0 Å². The van der Waals surface area contributed by atoms with Crippen LogP contribution in [0.2, 0.25) is 10.0 Å². The fourth-order valence-electron chi connectivity index (χ4n) is 2.72. The number of likely N-dealkylation sites (tertiary alicyclic amines) is 1. The summed E-state index contributed by atoms with van der Waals surface area (Å²) in [7, 11) is 0. The van der Waals surface area contributed by atoms with E-state index < -0.39 is 0 Å². The fraction of sp³-hybridized carbons (Fsp3) is 0.500. The zero-order chi connectivity index (χ0) is 15.7. The molecule has 1 aromatic rings. The Balaban J connectivity index is 1.57. The predicted molar refractivity (Wildman–Crippen MR) is 86.3 cm³/mol. The Kier molecular flexibility index (Phi) is 4.59. The summed E-state index contributed by atoms with van der Waals surface area (Å²) < 4.78 is 0. The zero-order valence-corrected chi connectivity index (χ0v) is 13.7. The molecule has 1 saturated carbocycles. The van der Waals surface area contributed by atoms with Gasteiger partial charge in [0.2, 0.25) is 5.91 Å². The minimum Gasteiger partial charge on any atom is -0.353 e. The summed E-state index contributed by atoms with van der Waals surface area (Å²) >= 11 is 12.0. The summed E-state index contributed by atoms with van der Waals surface area (Å²) in [5, 5.41) is 3.99. The Morgan fingerprint density at radius 3 is 2.41 bits per heavy atom. The SMILES string of the molecule is O=C(NC1CCN(C(=O)c2cc(Cl)ccc2Cl)CC1)C1CC1. The van der Waals surface area contributed by atoms with E-state index in [1.54, 1.807) is 23.1 Å². The molecule has 0 unspecified atom stereocenters. The Labute approximate surface area is 139 Å². The molecule has 4 nitrogen and oxygen atoms in total. The molecule has 3 rings (SSSR count). The number of nitrogens with one attached hydrogen (secondary N) is 1. The highest BCUT2D eigenvalue weighted by Crippen LogP contribution is 2.29. The summed E-state index contributed by atoms with van der Waals surface area (Å²) in [6.45, 7) is 1.24. The number of hydrogen-bond donors (Lipinski definition) is 1. The molecule has 2 amide bonds. The van der Waals surface area contributed by atoms with Crippen molar-refractivity contribution in [3.05, 3.63) is 33.8 Å². The third kappa shape index (κ3) is 3.55. The number of rotatable bonds is 3. The van der Waals surface area contributed by atoms with Crippen LogP contribution in [0.25, 0.3) is 0 Å². The highest BCUT2D eigenvalue weighted by atomic mass is 35.5. The maximum absolute atomic E-state index is 12.5. The first-order chi connectivity index (χ1) is 10.5. The average molecular weight is 341 g/mol. The Hall–Kier alpha value is -1.26. The molecule has 1 saturated heterocycles. The van der Waals surface area contributed by atoms with Crippen molar-refractivity contribution in [1.29, 1.82) is 0 Å². The third-order valence-electron chi connectivity index (χ3n) is 4.24. The lowest BCUT2D eigenvalue weighted by molar-refractivity contribution is -0.123. The lowest BCUT2D eigenvalue weighted by atomic mass is 10.0. The van der Waals surface area contributed by atoms with Crippen LogP contribution in [0.15, 0.2) is 18.2 Å². The lowest BCUT2D eigenvalue weighted by Crippen LogP contribution is -2.47. The molecular formula is C16H18Cl2N2O2. The van der Waals surface area contributed by atoms with Gasteiger partial charge in [-0.05, 0) is 43.9 Å². The van der Waals surface area contributed by atoms with Crippen LogP contribution in [-0.2, 0) is 4.79 Å². The van der Waals surface area contributed by atoms with E-state index in [1.807, 2.05) is 0 Å². The molecular weight excluding hydrogens is 323 g/mol. The van der Waals surface area contributed by atoms with Crippen LogP contribution >= 0.6 is 23.2 Å². The smallest absolute Gasteiger partial charge is 0.255 e. The van der Waals surface area contributed by atoms with Crippen LogP contribution in [-0.4, -0.2) is 35.8 Å². The van der Waals surface area contributed by atoms with Crippen LogP contribution in [0.4, 0.5) is 0 Å². The first kappa shape index (κ1) is 15.6. The van der Waals surface area contributed by atoms with Crippen molar-refractivity contribution in [3.63, 3.8) is 0 Å². The van der Waals surface area contributed by atoms with E-state index in [2.05, 4.69) is 5.32 Å². The quantitative estimate of drug-likeness (QED) is 0.918. The molecule has 1 aliphatic carbocycles. The van der Waals surface area contributed by atoms with Crippen LogP contribution in [0.5, 0.6) is 0 Å². The first-order valence-electron chi connectivity index (χ1n) is 7.59. The number of nitrogens with zero attached hydrogens (tertiary/aromatic N) is 1. The van der Waals surface area contributed by atoms with Gasteiger partial charge in [0.25, 0.3) is 5.91 Å². The molecule has 118 valence electrons. The van der Waals surface area contributed by atoms with Gasteiger partial charge in [-0.2, -0.15) is 0 Å². The van der Waals surface area contributed by atoms with Gasteiger partial charge in [-0.3, -0.25) is 9.59 Å². The summed E-state index contributed by atoms with van der Waals surface area (Å²) in [5.74, 6) is 0.298. The molecule has 0 atom stereocenters.